The smallest absolute Gasteiger partial charge is 0.133 e. The van der Waals surface area contributed by atoms with Crippen LogP contribution in [0.2, 0.25) is 0 Å². The van der Waals surface area contributed by atoms with Crippen LogP contribution < -0.4 is 10.2 Å². The molecule has 1 saturated carbocycles. The molecule has 1 aromatic heterocycles. The predicted molar refractivity (Wildman–Crippen MR) is 94.0 cm³/mol. The number of rotatable bonds is 4. The fraction of sp³-hybridized carbons (Fsp3) is 0.421. The molecule has 0 radical (unpaired) electrons. The van der Waals surface area contributed by atoms with Gasteiger partial charge in [0.05, 0.1) is 11.3 Å². The van der Waals surface area contributed by atoms with E-state index in [0.717, 1.165) is 48.8 Å². The Kier molecular flexibility index (Phi) is 4.04. The fourth-order valence-corrected chi connectivity index (χ4v) is 3.36. The lowest BCUT2D eigenvalue weighted by Crippen LogP contribution is -2.42. The standard InChI is InChI=1S/C19H21N5/c20-12-15-4-1-2-6-17(15)24-11-3-5-16(13-24)22-18-9-10-21-19(23-18)14-7-8-14/h1-2,4,6,9-10,14,16H,3,5,7-8,11,13H2,(H,21,22,23). The Morgan fingerprint density at radius 3 is 2.88 bits per heavy atom. The van der Waals surface area contributed by atoms with Gasteiger partial charge in [-0.1, -0.05) is 12.1 Å². The summed E-state index contributed by atoms with van der Waals surface area (Å²) in [6.45, 7) is 1.88. The monoisotopic (exact) mass is 319 g/mol. The van der Waals surface area contributed by atoms with Crippen molar-refractivity contribution in [2.24, 2.45) is 0 Å². The summed E-state index contributed by atoms with van der Waals surface area (Å²) < 4.78 is 0. The molecule has 5 nitrogen and oxygen atoms in total. The summed E-state index contributed by atoms with van der Waals surface area (Å²) in [5.74, 6) is 2.46. The molecule has 0 amide bonds. The third-order valence-corrected chi connectivity index (χ3v) is 4.76. The lowest BCUT2D eigenvalue weighted by atomic mass is 10.0. The molecule has 1 aromatic carbocycles. The summed E-state index contributed by atoms with van der Waals surface area (Å²) in [6.07, 6.45) is 6.51. The molecule has 2 fully saturated rings. The maximum Gasteiger partial charge on any atom is 0.133 e. The molecule has 1 aliphatic carbocycles. The number of benzene rings is 1. The molecule has 1 unspecified atom stereocenters. The summed E-state index contributed by atoms with van der Waals surface area (Å²) in [6, 6.07) is 12.4. The molecule has 1 saturated heterocycles. The van der Waals surface area contributed by atoms with Gasteiger partial charge in [0, 0.05) is 31.2 Å². The van der Waals surface area contributed by atoms with Crippen molar-refractivity contribution in [3.63, 3.8) is 0 Å². The topological polar surface area (TPSA) is 64.8 Å². The van der Waals surface area contributed by atoms with E-state index in [4.69, 9.17) is 0 Å². The molecular weight excluding hydrogens is 298 g/mol. The Morgan fingerprint density at radius 2 is 2.04 bits per heavy atom. The second-order valence-electron chi connectivity index (χ2n) is 6.63. The van der Waals surface area contributed by atoms with E-state index in [-0.39, 0.29) is 0 Å². The molecule has 2 aliphatic rings. The van der Waals surface area contributed by atoms with Crippen LogP contribution in [0.5, 0.6) is 0 Å². The molecule has 1 N–H and O–H groups in total. The zero-order valence-corrected chi connectivity index (χ0v) is 13.7. The molecule has 1 atom stereocenters. The van der Waals surface area contributed by atoms with Crippen molar-refractivity contribution in [1.82, 2.24) is 9.97 Å². The summed E-state index contributed by atoms with van der Waals surface area (Å²) in [5.41, 5.74) is 1.78. The molecule has 5 heteroatoms. The number of para-hydroxylation sites is 1. The quantitative estimate of drug-likeness (QED) is 0.936. The summed E-state index contributed by atoms with van der Waals surface area (Å²) in [5, 5.41) is 12.9. The summed E-state index contributed by atoms with van der Waals surface area (Å²) >= 11 is 0. The van der Waals surface area contributed by atoms with E-state index in [0.29, 0.717) is 12.0 Å². The van der Waals surface area contributed by atoms with E-state index in [1.54, 1.807) is 0 Å². The minimum atomic E-state index is 0.340. The highest BCUT2D eigenvalue weighted by Gasteiger charge is 2.27. The predicted octanol–water partition coefficient (Wildman–Crippen LogP) is 3.31. The van der Waals surface area contributed by atoms with Gasteiger partial charge >= 0.3 is 0 Å². The average molecular weight is 319 g/mol. The average Bonchev–Trinajstić information content (AvgIpc) is 3.47. The van der Waals surface area contributed by atoms with Crippen LogP contribution in [0.25, 0.3) is 0 Å². The first-order chi connectivity index (χ1) is 11.8. The molecule has 4 rings (SSSR count). The maximum atomic E-state index is 9.33. The third-order valence-electron chi connectivity index (χ3n) is 4.76. The van der Waals surface area contributed by atoms with Gasteiger partial charge in [-0.25, -0.2) is 9.97 Å². The fourth-order valence-electron chi connectivity index (χ4n) is 3.36. The Morgan fingerprint density at radius 1 is 1.17 bits per heavy atom. The van der Waals surface area contributed by atoms with Crippen molar-refractivity contribution in [2.45, 2.75) is 37.6 Å². The number of piperidine rings is 1. The minimum Gasteiger partial charge on any atom is -0.368 e. The second-order valence-corrected chi connectivity index (χ2v) is 6.63. The molecule has 0 bridgehead atoms. The lowest BCUT2D eigenvalue weighted by molar-refractivity contribution is 0.528. The first-order valence-corrected chi connectivity index (χ1v) is 8.67. The van der Waals surface area contributed by atoms with Gasteiger partial charge in [0.1, 0.15) is 17.7 Å². The van der Waals surface area contributed by atoms with Crippen LogP contribution in [-0.4, -0.2) is 29.1 Å². The van der Waals surface area contributed by atoms with E-state index in [1.807, 2.05) is 36.5 Å². The summed E-state index contributed by atoms with van der Waals surface area (Å²) in [4.78, 5) is 11.4. The number of hydrogen-bond acceptors (Lipinski definition) is 5. The van der Waals surface area contributed by atoms with Crippen molar-refractivity contribution >= 4 is 11.5 Å². The Bertz CT molecular complexity index is 762. The van der Waals surface area contributed by atoms with Gasteiger partial charge in [0.15, 0.2) is 0 Å². The number of nitrogens with one attached hydrogen (secondary N) is 1. The molecule has 1 aliphatic heterocycles. The Hall–Kier alpha value is -2.61. The van der Waals surface area contributed by atoms with Crippen LogP contribution in [0.1, 0.15) is 43.0 Å². The largest absolute Gasteiger partial charge is 0.368 e. The van der Waals surface area contributed by atoms with E-state index in [9.17, 15) is 5.26 Å². The van der Waals surface area contributed by atoms with Crippen molar-refractivity contribution in [3.05, 3.63) is 47.9 Å². The van der Waals surface area contributed by atoms with Crippen LogP contribution in [0.3, 0.4) is 0 Å². The minimum absolute atomic E-state index is 0.340. The van der Waals surface area contributed by atoms with E-state index < -0.39 is 0 Å². The van der Waals surface area contributed by atoms with Crippen LogP contribution in [0.15, 0.2) is 36.5 Å². The molecular formula is C19H21N5. The molecule has 24 heavy (non-hydrogen) atoms. The lowest BCUT2D eigenvalue weighted by Gasteiger charge is -2.35. The highest BCUT2D eigenvalue weighted by atomic mass is 15.2. The van der Waals surface area contributed by atoms with Crippen LogP contribution in [-0.2, 0) is 0 Å². The van der Waals surface area contributed by atoms with Gasteiger partial charge in [-0.05, 0) is 43.9 Å². The third kappa shape index (κ3) is 3.18. The number of hydrogen-bond donors (Lipinski definition) is 1. The Balaban J connectivity index is 1.47. The molecule has 2 heterocycles. The van der Waals surface area contributed by atoms with Crippen molar-refractivity contribution in [2.75, 3.05) is 23.3 Å². The van der Waals surface area contributed by atoms with Gasteiger partial charge in [0.25, 0.3) is 0 Å². The molecule has 122 valence electrons. The first kappa shape index (κ1) is 14.9. The first-order valence-electron chi connectivity index (χ1n) is 8.67. The van der Waals surface area contributed by atoms with E-state index in [2.05, 4.69) is 26.3 Å². The van der Waals surface area contributed by atoms with Gasteiger partial charge in [-0.2, -0.15) is 5.26 Å². The van der Waals surface area contributed by atoms with Crippen molar-refractivity contribution in [3.8, 4) is 6.07 Å². The van der Waals surface area contributed by atoms with E-state index in [1.165, 1.54) is 12.8 Å². The van der Waals surface area contributed by atoms with Gasteiger partial charge in [-0.15, -0.1) is 0 Å². The SMILES string of the molecule is N#Cc1ccccc1N1CCCC(Nc2ccnc(C3CC3)n2)C1. The number of nitriles is 1. The maximum absolute atomic E-state index is 9.33. The number of nitrogens with zero attached hydrogens (tertiary/aromatic N) is 4. The van der Waals surface area contributed by atoms with Crippen molar-refractivity contribution in [1.29, 1.82) is 5.26 Å². The van der Waals surface area contributed by atoms with Gasteiger partial charge < -0.3 is 10.2 Å². The zero-order valence-electron chi connectivity index (χ0n) is 13.7. The van der Waals surface area contributed by atoms with E-state index >= 15 is 0 Å². The van der Waals surface area contributed by atoms with Crippen LogP contribution in [0.4, 0.5) is 11.5 Å². The van der Waals surface area contributed by atoms with Gasteiger partial charge in [0.2, 0.25) is 0 Å². The summed E-state index contributed by atoms with van der Waals surface area (Å²) in [7, 11) is 0. The van der Waals surface area contributed by atoms with Crippen LogP contribution in [0, 0.1) is 11.3 Å². The van der Waals surface area contributed by atoms with Gasteiger partial charge in [-0.3, -0.25) is 0 Å². The zero-order chi connectivity index (χ0) is 16.4. The second kappa shape index (κ2) is 6.48. The number of aromatic nitrogens is 2. The normalized spacial score (nSPS) is 20.5. The number of anilines is 2. The highest BCUT2D eigenvalue weighted by Crippen LogP contribution is 2.38. The molecule has 2 aromatic rings. The molecule has 0 spiro atoms. The Labute approximate surface area is 142 Å². The highest BCUT2D eigenvalue weighted by molar-refractivity contribution is 5.59. The van der Waals surface area contributed by atoms with Crippen molar-refractivity contribution < 1.29 is 0 Å². The van der Waals surface area contributed by atoms with Crippen LogP contribution >= 0.6 is 0 Å².